The van der Waals surface area contributed by atoms with Gasteiger partial charge in [-0.3, -0.25) is 0 Å². The highest BCUT2D eigenvalue weighted by Gasteiger charge is 2.39. The molecule has 1 aromatic rings. The monoisotopic (exact) mass is 280 g/mol. The Morgan fingerprint density at radius 3 is 2.40 bits per heavy atom. The number of nitrogen functional groups attached to an aromatic ring is 1. The molecule has 2 rings (SSSR count). The van der Waals surface area contributed by atoms with Gasteiger partial charge in [0.15, 0.2) is 5.82 Å². The summed E-state index contributed by atoms with van der Waals surface area (Å²) in [7, 11) is 0. The maximum Gasteiger partial charge on any atom is 0.223 e. The lowest BCUT2D eigenvalue weighted by Gasteiger charge is -2.35. The van der Waals surface area contributed by atoms with Crippen molar-refractivity contribution in [3.05, 3.63) is 11.6 Å². The second-order valence-electron chi connectivity index (χ2n) is 6.13. The van der Waals surface area contributed by atoms with E-state index in [1.165, 1.54) is 0 Å². The van der Waals surface area contributed by atoms with E-state index in [9.17, 15) is 0 Å². The molecule has 6 nitrogen and oxygen atoms in total. The van der Waals surface area contributed by atoms with Crippen molar-refractivity contribution in [3.63, 3.8) is 0 Å². The highest BCUT2D eigenvalue weighted by Crippen LogP contribution is 2.35. The Morgan fingerprint density at radius 1 is 1.20 bits per heavy atom. The lowest BCUT2D eigenvalue weighted by atomic mass is 9.91. The minimum Gasteiger partial charge on any atom is -0.381 e. The summed E-state index contributed by atoms with van der Waals surface area (Å²) in [4.78, 5) is 13.2. The minimum absolute atomic E-state index is 0.176. The normalized spacial score (nSPS) is 19.0. The van der Waals surface area contributed by atoms with Crippen LogP contribution in [0.15, 0.2) is 0 Å². The van der Waals surface area contributed by atoms with Crippen LogP contribution < -0.4 is 5.73 Å². The predicted octanol–water partition coefficient (Wildman–Crippen LogP) is 1.79. The highest BCUT2D eigenvalue weighted by molar-refractivity contribution is 5.22. The van der Waals surface area contributed by atoms with E-state index in [2.05, 4.69) is 35.7 Å². The number of hydrogen-bond donors (Lipinski definition) is 1. The topological polar surface area (TPSA) is 83.2 Å². The number of hydrogen-bond acceptors (Lipinski definition) is 6. The van der Waals surface area contributed by atoms with Crippen LogP contribution in [0.5, 0.6) is 0 Å². The van der Waals surface area contributed by atoms with E-state index >= 15 is 0 Å². The zero-order chi connectivity index (χ0) is 14.8. The van der Waals surface area contributed by atoms with Crippen molar-refractivity contribution in [2.75, 3.05) is 25.6 Å². The molecule has 1 saturated heterocycles. The molecule has 0 atom stereocenters. The lowest BCUT2D eigenvalue weighted by Crippen LogP contribution is -2.39. The summed E-state index contributed by atoms with van der Waals surface area (Å²) < 4.78 is 11.4. The Labute approximate surface area is 120 Å². The molecule has 0 amide bonds. The van der Waals surface area contributed by atoms with Crippen LogP contribution in [-0.2, 0) is 20.5 Å². The summed E-state index contributed by atoms with van der Waals surface area (Å²) in [5.41, 5.74) is 5.20. The highest BCUT2D eigenvalue weighted by atomic mass is 16.5. The van der Waals surface area contributed by atoms with Gasteiger partial charge < -0.3 is 15.2 Å². The second kappa shape index (κ2) is 5.61. The molecule has 2 N–H and O–H groups in total. The van der Waals surface area contributed by atoms with Crippen LogP contribution in [0.2, 0.25) is 0 Å². The van der Waals surface area contributed by atoms with Gasteiger partial charge in [-0.1, -0.05) is 20.8 Å². The van der Waals surface area contributed by atoms with Crippen molar-refractivity contribution < 1.29 is 9.47 Å². The SMILES string of the molecule is CCOC1(c2nc(N)nc(C(C)(C)C)n2)CCOCC1. The fraction of sp³-hybridized carbons (Fsp3) is 0.786. The molecule has 1 aromatic heterocycles. The Balaban J connectivity index is 2.45. The molecule has 2 heterocycles. The zero-order valence-electron chi connectivity index (χ0n) is 12.8. The van der Waals surface area contributed by atoms with E-state index in [0.29, 0.717) is 31.5 Å². The van der Waals surface area contributed by atoms with E-state index in [4.69, 9.17) is 15.2 Å². The van der Waals surface area contributed by atoms with Gasteiger partial charge in [0.2, 0.25) is 5.95 Å². The molecule has 0 saturated carbocycles. The van der Waals surface area contributed by atoms with Crippen LogP contribution in [0.3, 0.4) is 0 Å². The largest absolute Gasteiger partial charge is 0.381 e. The van der Waals surface area contributed by atoms with Crippen LogP contribution >= 0.6 is 0 Å². The van der Waals surface area contributed by atoms with E-state index in [-0.39, 0.29) is 11.4 Å². The number of rotatable bonds is 3. The first kappa shape index (κ1) is 15.1. The summed E-state index contributed by atoms with van der Waals surface area (Å²) >= 11 is 0. The lowest BCUT2D eigenvalue weighted by molar-refractivity contribution is -0.118. The molecule has 1 aliphatic heterocycles. The van der Waals surface area contributed by atoms with Crippen molar-refractivity contribution >= 4 is 5.95 Å². The Hall–Kier alpha value is -1.27. The van der Waals surface area contributed by atoms with Gasteiger partial charge in [-0.15, -0.1) is 0 Å². The van der Waals surface area contributed by atoms with E-state index in [0.717, 1.165) is 12.8 Å². The first-order chi connectivity index (χ1) is 9.37. The fourth-order valence-electron chi connectivity index (χ4n) is 2.34. The van der Waals surface area contributed by atoms with Crippen LogP contribution in [0.25, 0.3) is 0 Å². The molecule has 112 valence electrons. The molecule has 6 heteroatoms. The van der Waals surface area contributed by atoms with Gasteiger partial charge in [0.05, 0.1) is 0 Å². The van der Waals surface area contributed by atoms with Crippen molar-refractivity contribution in [1.82, 2.24) is 15.0 Å². The quantitative estimate of drug-likeness (QED) is 0.909. The predicted molar refractivity (Wildman–Crippen MR) is 76.3 cm³/mol. The van der Waals surface area contributed by atoms with E-state index < -0.39 is 5.60 Å². The standard InChI is InChI=1S/C14H24N4O2/c1-5-20-14(6-8-19-9-7-14)11-16-10(13(2,3)4)17-12(15)18-11/h5-9H2,1-4H3,(H2,15,16,17,18). The average molecular weight is 280 g/mol. The number of anilines is 1. The summed E-state index contributed by atoms with van der Waals surface area (Å²) in [5, 5.41) is 0. The molecule has 0 aliphatic carbocycles. The van der Waals surface area contributed by atoms with Crippen LogP contribution in [0.4, 0.5) is 5.95 Å². The summed E-state index contributed by atoms with van der Waals surface area (Å²) in [6.45, 7) is 10.1. The second-order valence-corrected chi connectivity index (χ2v) is 6.13. The third kappa shape index (κ3) is 3.07. The van der Waals surface area contributed by atoms with Gasteiger partial charge in [-0.05, 0) is 6.92 Å². The van der Waals surface area contributed by atoms with Crippen LogP contribution in [0.1, 0.15) is 52.2 Å². The maximum atomic E-state index is 5.99. The van der Waals surface area contributed by atoms with Gasteiger partial charge in [-0.2, -0.15) is 9.97 Å². The third-order valence-electron chi connectivity index (χ3n) is 3.45. The molecule has 0 spiro atoms. The Kier molecular flexibility index (Phi) is 4.25. The first-order valence-electron chi connectivity index (χ1n) is 7.11. The number of nitrogens with two attached hydrogens (primary N) is 1. The fourth-order valence-corrected chi connectivity index (χ4v) is 2.34. The zero-order valence-corrected chi connectivity index (χ0v) is 12.8. The van der Waals surface area contributed by atoms with Crippen molar-refractivity contribution in [2.45, 2.75) is 51.6 Å². The minimum atomic E-state index is -0.496. The molecule has 0 radical (unpaired) electrons. The molecule has 20 heavy (non-hydrogen) atoms. The Bertz CT molecular complexity index is 459. The molecule has 1 aliphatic rings. The number of ether oxygens (including phenoxy) is 2. The summed E-state index contributed by atoms with van der Waals surface area (Å²) in [6.07, 6.45) is 1.49. The molecule has 0 aromatic carbocycles. The van der Waals surface area contributed by atoms with Crippen LogP contribution in [-0.4, -0.2) is 34.8 Å². The van der Waals surface area contributed by atoms with Gasteiger partial charge in [-0.25, -0.2) is 4.98 Å². The Morgan fingerprint density at radius 2 is 1.85 bits per heavy atom. The van der Waals surface area contributed by atoms with Crippen LogP contribution in [0, 0.1) is 0 Å². The molecular weight excluding hydrogens is 256 g/mol. The van der Waals surface area contributed by atoms with Crippen molar-refractivity contribution in [1.29, 1.82) is 0 Å². The van der Waals surface area contributed by atoms with E-state index in [1.807, 2.05) is 6.92 Å². The molecule has 1 fully saturated rings. The van der Waals surface area contributed by atoms with Gasteiger partial charge in [0.1, 0.15) is 11.4 Å². The maximum absolute atomic E-state index is 5.99. The van der Waals surface area contributed by atoms with Crippen molar-refractivity contribution in [3.8, 4) is 0 Å². The van der Waals surface area contributed by atoms with Gasteiger partial charge >= 0.3 is 0 Å². The number of nitrogens with zero attached hydrogens (tertiary/aromatic N) is 3. The average Bonchev–Trinajstić information content (AvgIpc) is 2.38. The molecule has 0 unspecified atom stereocenters. The molecular formula is C14H24N4O2. The summed E-state index contributed by atoms with van der Waals surface area (Å²) in [5.74, 6) is 1.59. The molecule has 0 bridgehead atoms. The van der Waals surface area contributed by atoms with Gasteiger partial charge in [0, 0.05) is 38.1 Å². The van der Waals surface area contributed by atoms with E-state index in [1.54, 1.807) is 0 Å². The van der Waals surface area contributed by atoms with Crippen molar-refractivity contribution in [2.24, 2.45) is 0 Å². The number of aromatic nitrogens is 3. The first-order valence-corrected chi connectivity index (χ1v) is 7.11. The van der Waals surface area contributed by atoms with Gasteiger partial charge in [0.25, 0.3) is 0 Å². The summed E-state index contributed by atoms with van der Waals surface area (Å²) in [6, 6.07) is 0. The third-order valence-corrected chi connectivity index (χ3v) is 3.45. The smallest absolute Gasteiger partial charge is 0.223 e.